The lowest BCUT2D eigenvalue weighted by atomic mass is 9.61. The molecule has 1 spiro atoms. The van der Waals surface area contributed by atoms with Crippen LogP contribution in [0.2, 0.25) is 0 Å². The number of nitrogens with zero attached hydrogens (tertiary/aromatic N) is 1. The fourth-order valence-electron chi connectivity index (χ4n) is 6.94. The Bertz CT molecular complexity index is 2060. The first-order valence-electron chi connectivity index (χ1n) is 13.6. The second-order valence-electron chi connectivity index (χ2n) is 10.5. The van der Waals surface area contributed by atoms with Gasteiger partial charge in [0.1, 0.15) is 11.5 Å². The molecule has 2 aliphatic rings. The fourth-order valence-corrected chi connectivity index (χ4v) is 8.07. The van der Waals surface area contributed by atoms with E-state index in [1.807, 2.05) is 11.3 Å². The van der Waals surface area contributed by atoms with Crippen molar-refractivity contribution in [2.24, 2.45) is 0 Å². The molecule has 3 heterocycles. The molecule has 3 heteroatoms. The Morgan fingerprint density at radius 2 is 1.10 bits per heavy atom. The van der Waals surface area contributed by atoms with Gasteiger partial charge in [0.25, 0.3) is 0 Å². The molecule has 0 N–H and O–H groups in total. The lowest BCUT2D eigenvalue weighted by molar-refractivity contribution is 0.435. The van der Waals surface area contributed by atoms with E-state index >= 15 is 0 Å². The summed E-state index contributed by atoms with van der Waals surface area (Å²) in [6.07, 6.45) is 0. The van der Waals surface area contributed by atoms with E-state index in [4.69, 9.17) is 4.74 Å². The number of hydrogen-bond donors (Lipinski definition) is 0. The highest BCUT2D eigenvalue weighted by Gasteiger charge is 2.51. The maximum atomic E-state index is 6.76. The summed E-state index contributed by atoms with van der Waals surface area (Å²) in [6, 6.07) is 50.4. The number of thiophene rings is 1. The van der Waals surface area contributed by atoms with E-state index < -0.39 is 5.41 Å². The summed E-state index contributed by atoms with van der Waals surface area (Å²) in [7, 11) is 0. The minimum Gasteiger partial charge on any atom is -0.457 e. The molecule has 7 aromatic rings. The van der Waals surface area contributed by atoms with E-state index in [1.165, 1.54) is 53.8 Å². The Balaban J connectivity index is 1.46. The molecule has 0 bridgehead atoms. The van der Waals surface area contributed by atoms with Crippen molar-refractivity contribution in [1.29, 1.82) is 0 Å². The van der Waals surface area contributed by atoms with Gasteiger partial charge in [-0.25, -0.2) is 0 Å². The largest absolute Gasteiger partial charge is 0.457 e. The quantitative estimate of drug-likeness (QED) is 0.210. The third-order valence-corrected chi connectivity index (χ3v) is 9.64. The number of fused-ring (bicyclic) bond motifs is 11. The summed E-state index contributed by atoms with van der Waals surface area (Å²) >= 11 is 1.86. The van der Waals surface area contributed by atoms with Crippen LogP contribution in [0.1, 0.15) is 22.3 Å². The van der Waals surface area contributed by atoms with E-state index in [0.717, 1.165) is 17.2 Å². The van der Waals surface area contributed by atoms with Gasteiger partial charge in [0.05, 0.1) is 16.8 Å². The first-order chi connectivity index (χ1) is 19.8. The zero-order valence-corrected chi connectivity index (χ0v) is 22.4. The maximum absolute atomic E-state index is 6.76. The number of benzene rings is 6. The minimum atomic E-state index is -0.535. The molecule has 188 valence electrons. The van der Waals surface area contributed by atoms with Crippen molar-refractivity contribution in [2.45, 2.75) is 5.41 Å². The van der Waals surface area contributed by atoms with E-state index in [2.05, 4.69) is 144 Å². The van der Waals surface area contributed by atoms with Gasteiger partial charge in [-0.1, -0.05) is 91.0 Å². The van der Waals surface area contributed by atoms with Crippen LogP contribution < -0.4 is 9.64 Å². The average molecular weight is 530 g/mol. The van der Waals surface area contributed by atoms with Crippen LogP contribution in [0.15, 0.2) is 140 Å². The fraction of sp³-hybridized carbons (Fsp3) is 0.0270. The van der Waals surface area contributed by atoms with Gasteiger partial charge < -0.3 is 9.64 Å². The van der Waals surface area contributed by atoms with E-state index in [-0.39, 0.29) is 0 Å². The highest BCUT2D eigenvalue weighted by atomic mass is 32.1. The zero-order valence-electron chi connectivity index (χ0n) is 21.5. The molecule has 40 heavy (non-hydrogen) atoms. The molecular formula is C37H23NOS. The van der Waals surface area contributed by atoms with Crippen LogP contribution >= 0.6 is 11.3 Å². The van der Waals surface area contributed by atoms with E-state index in [0.29, 0.717) is 0 Å². The summed E-state index contributed by atoms with van der Waals surface area (Å²) in [5, 5.41) is 2.53. The Labute approximate surface area is 236 Å². The molecule has 0 saturated heterocycles. The molecule has 0 aliphatic carbocycles. The molecule has 2 nitrogen and oxygen atoms in total. The summed E-state index contributed by atoms with van der Waals surface area (Å²) < 4.78 is 9.34. The minimum absolute atomic E-state index is 0.535. The molecule has 9 rings (SSSR count). The molecule has 1 aromatic heterocycles. The Morgan fingerprint density at radius 3 is 1.88 bits per heavy atom. The number of para-hydroxylation sites is 4. The maximum Gasteiger partial charge on any atom is 0.132 e. The van der Waals surface area contributed by atoms with Gasteiger partial charge in [0.15, 0.2) is 0 Å². The van der Waals surface area contributed by atoms with Gasteiger partial charge in [-0.3, -0.25) is 0 Å². The molecule has 6 aromatic carbocycles. The average Bonchev–Trinajstić information content (AvgIpc) is 3.38. The second kappa shape index (κ2) is 8.08. The second-order valence-corrected chi connectivity index (χ2v) is 11.6. The van der Waals surface area contributed by atoms with Crippen molar-refractivity contribution in [3.63, 3.8) is 0 Å². The summed E-state index contributed by atoms with van der Waals surface area (Å²) in [5.74, 6) is 1.83. The third kappa shape index (κ3) is 2.77. The normalized spacial score (nSPS) is 14.3. The van der Waals surface area contributed by atoms with Gasteiger partial charge in [-0.2, -0.15) is 0 Å². The van der Waals surface area contributed by atoms with Gasteiger partial charge in [-0.05, 0) is 59.7 Å². The van der Waals surface area contributed by atoms with E-state index in [9.17, 15) is 0 Å². The smallest absolute Gasteiger partial charge is 0.132 e. The lowest BCUT2D eigenvalue weighted by Gasteiger charge is -2.48. The summed E-state index contributed by atoms with van der Waals surface area (Å²) in [6.45, 7) is 0. The topological polar surface area (TPSA) is 12.5 Å². The van der Waals surface area contributed by atoms with Crippen molar-refractivity contribution in [3.05, 3.63) is 162 Å². The molecular weight excluding hydrogens is 506 g/mol. The number of ether oxygens (including phenoxy) is 1. The van der Waals surface area contributed by atoms with Crippen molar-refractivity contribution in [2.75, 3.05) is 4.90 Å². The van der Waals surface area contributed by atoms with Gasteiger partial charge in [0, 0.05) is 37.0 Å². The van der Waals surface area contributed by atoms with Gasteiger partial charge in [-0.15, -0.1) is 11.3 Å². The number of hydrogen-bond acceptors (Lipinski definition) is 3. The summed E-state index contributed by atoms with van der Waals surface area (Å²) in [4.78, 5) is 2.41. The molecule has 0 atom stereocenters. The molecule has 0 unspecified atom stereocenters. The van der Waals surface area contributed by atoms with Crippen molar-refractivity contribution < 1.29 is 4.74 Å². The van der Waals surface area contributed by atoms with Gasteiger partial charge >= 0.3 is 0 Å². The molecule has 2 aliphatic heterocycles. The lowest BCUT2D eigenvalue weighted by Crippen LogP contribution is -2.39. The first-order valence-corrected chi connectivity index (χ1v) is 14.4. The van der Waals surface area contributed by atoms with Crippen LogP contribution in [0.5, 0.6) is 11.5 Å². The van der Waals surface area contributed by atoms with Crippen LogP contribution in [0, 0.1) is 0 Å². The third-order valence-electron chi connectivity index (χ3n) is 8.51. The summed E-state index contributed by atoms with van der Waals surface area (Å²) in [5.41, 5.74) is 7.88. The molecule has 0 amide bonds. The standard InChI is InChI=1S/C37H23NOS/c1-2-12-24(13-3-1)38-31-18-8-5-15-27(31)37(28-16-6-9-19-32(28)38)29-17-7-10-20-33(29)39-34-22-26-25-14-4-11-21-35(25)40-36(26)23-30(34)37/h1-23H. The highest BCUT2D eigenvalue weighted by Crippen LogP contribution is 2.63. The van der Waals surface area contributed by atoms with E-state index in [1.54, 1.807) is 0 Å². The SMILES string of the molecule is c1ccc(N2c3ccccc3C3(c4ccccc4Oc4cc5c(cc43)sc3ccccc35)c3ccccc32)cc1. The van der Waals surface area contributed by atoms with Crippen LogP contribution in [0.4, 0.5) is 17.1 Å². The Morgan fingerprint density at radius 1 is 0.475 bits per heavy atom. The number of anilines is 3. The molecule has 0 saturated carbocycles. The predicted molar refractivity (Wildman–Crippen MR) is 166 cm³/mol. The number of rotatable bonds is 1. The Hall–Kier alpha value is -4.86. The molecule has 0 fully saturated rings. The first kappa shape index (κ1) is 22.0. The molecule has 0 radical (unpaired) electrons. The van der Waals surface area contributed by atoms with Crippen molar-refractivity contribution in [3.8, 4) is 11.5 Å². The Kier molecular flexibility index (Phi) is 4.44. The van der Waals surface area contributed by atoms with Crippen molar-refractivity contribution >= 4 is 48.6 Å². The van der Waals surface area contributed by atoms with Crippen LogP contribution in [-0.2, 0) is 5.41 Å². The predicted octanol–water partition coefficient (Wildman–Crippen LogP) is 10.3. The van der Waals surface area contributed by atoms with Crippen LogP contribution in [0.3, 0.4) is 0 Å². The van der Waals surface area contributed by atoms with Crippen LogP contribution in [-0.4, -0.2) is 0 Å². The monoisotopic (exact) mass is 529 g/mol. The van der Waals surface area contributed by atoms with Crippen molar-refractivity contribution in [1.82, 2.24) is 0 Å². The highest BCUT2D eigenvalue weighted by molar-refractivity contribution is 7.25. The zero-order chi connectivity index (χ0) is 26.3. The van der Waals surface area contributed by atoms with Crippen LogP contribution in [0.25, 0.3) is 20.2 Å². The van der Waals surface area contributed by atoms with Gasteiger partial charge in [0.2, 0.25) is 0 Å².